The number of pyridine rings is 4. The lowest BCUT2D eigenvalue weighted by Gasteiger charge is -2.34. The van der Waals surface area contributed by atoms with Crippen molar-refractivity contribution in [3.05, 3.63) is 75.1 Å². The van der Waals surface area contributed by atoms with Gasteiger partial charge in [0, 0.05) is 30.7 Å². The van der Waals surface area contributed by atoms with E-state index in [0.717, 1.165) is 56.8 Å². The van der Waals surface area contributed by atoms with Gasteiger partial charge < -0.3 is 20.9 Å². The number of hydrogen-bond donors (Lipinski definition) is 5. The Labute approximate surface area is 424 Å². The number of anilines is 3. The fraction of sp³-hybridized carbons (Fsp3) is 0.522. The summed E-state index contributed by atoms with van der Waals surface area (Å²) in [7, 11) is -12.3. The lowest BCUT2D eigenvalue weighted by Crippen LogP contribution is -2.44. The smallest absolute Gasteiger partial charge is 0.281 e. The van der Waals surface area contributed by atoms with Crippen molar-refractivity contribution in [2.45, 2.75) is 127 Å². The maximum Gasteiger partial charge on any atom is 0.281 e. The van der Waals surface area contributed by atoms with Crippen molar-refractivity contribution in [2.24, 2.45) is 11.8 Å². The zero-order valence-electron chi connectivity index (χ0n) is 41.0. The van der Waals surface area contributed by atoms with E-state index in [1.807, 2.05) is 19.6 Å². The van der Waals surface area contributed by atoms with Crippen LogP contribution in [0, 0.1) is 11.8 Å². The van der Waals surface area contributed by atoms with Gasteiger partial charge in [0.1, 0.15) is 32.9 Å². The summed E-state index contributed by atoms with van der Waals surface area (Å²) in [5, 5.41) is 11.4. The Bertz CT molecular complexity index is 2810. The summed E-state index contributed by atoms with van der Waals surface area (Å²) in [4.78, 5) is 45.6. The average Bonchev–Trinajstić information content (AvgIpc) is 3.75. The molecule has 0 aromatic carbocycles. The lowest BCUT2D eigenvalue weighted by atomic mass is 9.93. The Morgan fingerprint density at radius 3 is 2.22 bits per heavy atom. The zero-order valence-corrected chi connectivity index (χ0v) is 46.9. The van der Waals surface area contributed by atoms with E-state index in [9.17, 15) is 26.4 Å². The quantitative estimate of drug-likeness (QED) is 0.0587. The summed E-state index contributed by atoms with van der Waals surface area (Å²) < 4.78 is 56.2. The molecule has 4 aromatic heterocycles. The van der Waals surface area contributed by atoms with E-state index >= 15 is 0 Å². The number of sulfonamides is 2. The van der Waals surface area contributed by atoms with Crippen LogP contribution in [0.15, 0.2) is 58.6 Å². The van der Waals surface area contributed by atoms with Crippen molar-refractivity contribution in [2.75, 3.05) is 41.7 Å². The normalized spacial score (nSPS) is 20.0. The van der Waals surface area contributed by atoms with E-state index in [1.165, 1.54) is 18.2 Å². The summed E-state index contributed by atoms with van der Waals surface area (Å²) in [6, 6.07) is 12.6. The zero-order chi connectivity index (χ0) is 50.9. The van der Waals surface area contributed by atoms with Gasteiger partial charge in [0.15, 0.2) is 10.1 Å². The maximum atomic E-state index is 13.5. The van der Waals surface area contributed by atoms with Crippen molar-refractivity contribution in [3.63, 3.8) is 0 Å². The highest BCUT2D eigenvalue weighted by Crippen LogP contribution is 2.40. The van der Waals surface area contributed by atoms with Gasteiger partial charge in [-0.15, -0.1) is 0 Å². The third kappa shape index (κ3) is 13.7. The standard InChI is InChI=1S/C23H33Cl2N5O3SSi.C23H32ClN5O3SSi/c1-23(2)13-15(14-27-23)8-7-11-26-18-9-6-10-19(28-18)34(32,33)30-22(31)16-12-17(35(3,4)5)21(25)29-20(16)24;1-23(2)13-15-8-7-11-25-18-9-6-10-19(26-18)33(31,32)28-22(30)16-12-17(34(3,4)5)20(24)27-21(16)29(23)14-15/h6,9-10,12,15,27H,7-8,11,13-14H2,1-5H3,(H,26,28)(H,30,31);6,9-10,12,15H,7-8,11,13-14H2,1-5H3,(H,25,26)(H,28,30)/t2*15-/m00/s1. The van der Waals surface area contributed by atoms with Crippen LogP contribution in [0.1, 0.15) is 86.9 Å². The second-order valence-corrected chi connectivity index (χ2v) is 35.8. The van der Waals surface area contributed by atoms with E-state index in [-0.39, 0.29) is 42.6 Å². The molecule has 0 radical (unpaired) electrons. The topological polar surface area (TPSA) is 217 Å². The number of aromatic nitrogens is 4. The summed E-state index contributed by atoms with van der Waals surface area (Å²) >= 11 is 19.0. The van der Waals surface area contributed by atoms with E-state index in [2.05, 4.69) is 92.6 Å². The number of carbonyl (C=O) groups excluding carboxylic acids is 2. The predicted molar refractivity (Wildman–Crippen MR) is 282 cm³/mol. The van der Waals surface area contributed by atoms with Crippen LogP contribution >= 0.6 is 34.8 Å². The minimum absolute atomic E-state index is 0.0454. The Hall–Kier alpha value is -3.90. The van der Waals surface area contributed by atoms with Gasteiger partial charge in [0.2, 0.25) is 0 Å². The molecule has 2 amide bonds. The number of nitrogens with one attached hydrogen (secondary N) is 5. The summed E-state index contributed by atoms with van der Waals surface area (Å²) in [5.41, 5.74) is 0.112. The molecule has 2 saturated heterocycles. The first-order valence-electron chi connectivity index (χ1n) is 23.1. The highest BCUT2D eigenvalue weighted by atomic mass is 35.5. The van der Waals surface area contributed by atoms with Gasteiger partial charge in [-0.3, -0.25) is 9.59 Å². The molecule has 7 rings (SSSR count). The van der Waals surface area contributed by atoms with Crippen molar-refractivity contribution >= 4 is 111 Å². The molecule has 7 heterocycles. The predicted octanol–water partition coefficient (Wildman–Crippen LogP) is 7.63. The first-order valence-corrected chi connectivity index (χ1v) is 34.2. The highest BCUT2D eigenvalue weighted by molar-refractivity contribution is 7.90. The molecule has 0 saturated carbocycles. The average molecular weight is 1080 g/mol. The van der Waals surface area contributed by atoms with Crippen LogP contribution in [0.3, 0.4) is 0 Å². The minimum Gasteiger partial charge on any atom is -0.370 e. The maximum absolute atomic E-state index is 13.5. The van der Waals surface area contributed by atoms with Gasteiger partial charge in [-0.25, -0.2) is 29.4 Å². The number of nitrogens with zero attached hydrogens (tertiary/aromatic N) is 5. The minimum atomic E-state index is -4.23. The van der Waals surface area contributed by atoms with Crippen LogP contribution in [0.4, 0.5) is 17.5 Å². The van der Waals surface area contributed by atoms with Crippen LogP contribution in [-0.4, -0.2) is 102 Å². The molecule has 0 unspecified atom stereocenters. The molecule has 376 valence electrons. The van der Waals surface area contributed by atoms with Crippen molar-refractivity contribution in [1.82, 2.24) is 34.7 Å². The molecular formula is C46H65Cl3N10O6S2Si2. The van der Waals surface area contributed by atoms with Gasteiger partial charge in [0.25, 0.3) is 31.9 Å². The third-order valence-corrected chi connectivity index (χ3v) is 20.2. The Morgan fingerprint density at radius 1 is 0.884 bits per heavy atom. The summed E-state index contributed by atoms with van der Waals surface area (Å²) in [6.07, 6.45) is 6.01. The van der Waals surface area contributed by atoms with Gasteiger partial charge in [-0.2, -0.15) is 16.8 Å². The Balaban J connectivity index is 0.000000227. The SMILES string of the molecule is CC1(C)C[C@@H]2CCCNc3cccc(n3)S(=O)(=O)NC(=O)c3cc([Si](C)(C)C)c(Cl)nc3N1C2.CC1(C)C[C@H](CCCNc2cccc(S(=O)(=O)NC(=O)c3cc([Si](C)(C)C)c(Cl)nc3Cl)n2)CN1. The largest absolute Gasteiger partial charge is 0.370 e. The van der Waals surface area contributed by atoms with Gasteiger partial charge in [-0.05, 0) is 131 Å². The molecule has 0 spiro atoms. The molecule has 5 N–H and O–H groups in total. The highest BCUT2D eigenvalue weighted by Gasteiger charge is 2.42. The molecule has 2 fully saturated rings. The molecule has 4 aromatic rings. The third-order valence-electron chi connectivity index (χ3n) is 12.5. The number of fused-ring (bicyclic) bond motifs is 6. The lowest BCUT2D eigenvalue weighted by molar-refractivity contribution is 0.0972. The van der Waals surface area contributed by atoms with Crippen molar-refractivity contribution in [3.8, 4) is 0 Å². The Morgan fingerprint density at radius 2 is 1.55 bits per heavy atom. The van der Waals surface area contributed by atoms with Crippen LogP contribution in [0.2, 0.25) is 54.7 Å². The molecule has 3 aliphatic rings. The van der Waals surface area contributed by atoms with Crippen LogP contribution < -0.4 is 40.7 Å². The Kier molecular flexibility index (Phi) is 16.6. The van der Waals surface area contributed by atoms with Crippen molar-refractivity contribution < 1.29 is 26.4 Å². The molecule has 23 heteroatoms. The van der Waals surface area contributed by atoms with E-state index in [4.69, 9.17) is 39.8 Å². The second kappa shape index (κ2) is 21.1. The summed E-state index contributed by atoms with van der Waals surface area (Å²) in [5.74, 6) is 0.767. The molecule has 0 aliphatic carbocycles. The fourth-order valence-electron chi connectivity index (χ4n) is 8.98. The van der Waals surface area contributed by atoms with E-state index in [1.54, 1.807) is 30.3 Å². The van der Waals surface area contributed by atoms with Crippen LogP contribution in [-0.2, 0) is 20.0 Å². The van der Waals surface area contributed by atoms with Gasteiger partial charge in [0.05, 0.1) is 27.3 Å². The molecule has 3 aliphatic heterocycles. The van der Waals surface area contributed by atoms with Crippen LogP contribution in [0.25, 0.3) is 0 Å². The molecule has 69 heavy (non-hydrogen) atoms. The first kappa shape index (κ1) is 54.4. The molecule has 2 atom stereocenters. The number of amides is 2. The number of hydrogen-bond acceptors (Lipinski definition) is 14. The van der Waals surface area contributed by atoms with Gasteiger partial charge in [-0.1, -0.05) is 86.2 Å². The fourth-order valence-corrected chi connectivity index (χ4v) is 15.6. The molecule has 16 nitrogen and oxygen atoms in total. The number of rotatable bonds is 10. The van der Waals surface area contributed by atoms with E-state index in [0.29, 0.717) is 52.7 Å². The summed E-state index contributed by atoms with van der Waals surface area (Å²) in [6.45, 7) is 24.2. The van der Waals surface area contributed by atoms with Crippen molar-refractivity contribution in [1.29, 1.82) is 0 Å². The molecular weight excluding hydrogens is 1020 g/mol. The first-order chi connectivity index (χ1) is 32.0. The molecule has 4 bridgehead atoms. The van der Waals surface area contributed by atoms with E-state index < -0.39 is 48.0 Å². The number of halogens is 3. The second-order valence-electron chi connectivity index (χ2n) is 21.4. The monoisotopic (exact) mass is 1080 g/mol. The number of carbonyl (C=O) groups is 2. The van der Waals surface area contributed by atoms with Gasteiger partial charge >= 0.3 is 0 Å². The van der Waals surface area contributed by atoms with Crippen LogP contribution in [0.5, 0.6) is 0 Å².